The molecule has 0 unspecified atom stereocenters. The number of nitrogens with one attached hydrogen (secondary N) is 1. The molecule has 0 aromatic heterocycles. The Morgan fingerprint density at radius 3 is 2.68 bits per heavy atom. The topological polar surface area (TPSA) is 113 Å². The van der Waals surface area contributed by atoms with Crippen molar-refractivity contribution < 1.29 is 27.5 Å². The first-order valence-corrected chi connectivity index (χ1v) is 12.5. The van der Waals surface area contributed by atoms with Crippen LogP contribution in [0.25, 0.3) is 0 Å². The molecule has 1 aromatic carbocycles. The average molecular weight is 468 g/mol. The summed E-state index contributed by atoms with van der Waals surface area (Å²) in [6.07, 6.45) is 3.87. The molecule has 168 valence electrons. The lowest BCUT2D eigenvalue weighted by atomic mass is 10.2. The predicted molar refractivity (Wildman–Crippen MR) is 117 cm³/mol. The van der Waals surface area contributed by atoms with Gasteiger partial charge in [0, 0.05) is 18.8 Å². The second-order valence-electron chi connectivity index (χ2n) is 7.04. The van der Waals surface area contributed by atoms with E-state index in [2.05, 4.69) is 5.32 Å². The van der Waals surface area contributed by atoms with Gasteiger partial charge in [-0.2, -0.15) is 4.31 Å². The molecule has 11 heteroatoms. The third-order valence-electron chi connectivity index (χ3n) is 4.81. The molecule has 9 nitrogen and oxygen atoms in total. The number of sulfonamides is 1. The normalized spacial score (nSPS) is 18.9. The van der Waals surface area contributed by atoms with Gasteiger partial charge >= 0.3 is 5.97 Å². The first-order chi connectivity index (χ1) is 14.8. The van der Waals surface area contributed by atoms with Crippen LogP contribution in [0.2, 0.25) is 0 Å². The summed E-state index contributed by atoms with van der Waals surface area (Å²) >= 11 is 1.15. The number of anilines is 1. The minimum Gasteiger partial charge on any atom is -0.463 e. The number of esters is 1. The molecule has 2 heterocycles. The Labute approximate surface area is 185 Å². The van der Waals surface area contributed by atoms with Crippen LogP contribution in [-0.2, 0) is 29.1 Å². The summed E-state index contributed by atoms with van der Waals surface area (Å²) in [5.74, 6) is -1.25. The van der Waals surface area contributed by atoms with E-state index in [4.69, 9.17) is 4.74 Å². The Kier molecular flexibility index (Phi) is 7.74. The fourth-order valence-electron chi connectivity index (χ4n) is 3.32. The molecule has 0 radical (unpaired) electrons. The highest BCUT2D eigenvalue weighted by molar-refractivity contribution is 8.04. The standard InChI is InChI=1S/C20H25N3O6S2/c1-2-29-20(26)12-19-23(18(25)14-30-19)13-17(24)21-15-7-6-8-16(11-15)31(27,28)22-9-4-3-5-10-22/h6-8,11-12H,2-5,9-10,13-14H2,1H3,(H,21,24)/b19-12-. The molecule has 0 spiro atoms. The molecule has 0 bridgehead atoms. The summed E-state index contributed by atoms with van der Waals surface area (Å²) in [5, 5.41) is 2.98. The maximum Gasteiger partial charge on any atom is 0.333 e. The zero-order valence-electron chi connectivity index (χ0n) is 17.2. The van der Waals surface area contributed by atoms with E-state index in [9.17, 15) is 22.8 Å². The van der Waals surface area contributed by atoms with Crippen molar-refractivity contribution in [2.24, 2.45) is 0 Å². The van der Waals surface area contributed by atoms with Crippen LogP contribution in [-0.4, -0.2) is 67.4 Å². The van der Waals surface area contributed by atoms with E-state index in [-0.39, 0.29) is 29.7 Å². The molecule has 1 N–H and O–H groups in total. The van der Waals surface area contributed by atoms with Crippen LogP contribution in [0, 0.1) is 0 Å². The summed E-state index contributed by atoms with van der Waals surface area (Å²) in [6, 6.07) is 6.07. The fraction of sp³-hybridized carbons (Fsp3) is 0.450. The molecule has 1 aromatic rings. The van der Waals surface area contributed by atoms with Crippen molar-refractivity contribution in [3.05, 3.63) is 35.4 Å². The van der Waals surface area contributed by atoms with Gasteiger partial charge in [-0.15, -0.1) is 0 Å². The number of ether oxygens (including phenoxy) is 1. The van der Waals surface area contributed by atoms with Crippen LogP contribution < -0.4 is 5.32 Å². The van der Waals surface area contributed by atoms with E-state index < -0.39 is 21.9 Å². The number of hydrogen-bond donors (Lipinski definition) is 1. The molecule has 3 rings (SSSR count). The highest BCUT2D eigenvalue weighted by atomic mass is 32.2. The van der Waals surface area contributed by atoms with Crippen LogP contribution in [0.15, 0.2) is 40.3 Å². The molecule has 2 aliphatic heterocycles. The van der Waals surface area contributed by atoms with Crippen molar-refractivity contribution in [2.75, 3.05) is 37.3 Å². The number of amides is 2. The number of carbonyl (C=O) groups is 3. The Hall–Kier alpha value is -2.37. The van der Waals surface area contributed by atoms with Crippen molar-refractivity contribution in [3.63, 3.8) is 0 Å². The number of carbonyl (C=O) groups excluding carboxylic acids is 3. The fourth-order valence-corrected chi connectivity index (χ4v) is 5.81. The molecular weight excluding hydrogens is 442 g/mol. The molecule has 2 aliphatic rings. The van der Waals surface area contributed by atoms with Gasteiger partial charge < -0.3 is 10.1 Å². The van der Waals surface area contributed by atoms with Crippen molar-refractivity contribution >= 4 is 45.3 Å². The van der Waals surface area contributed by atoms with Crippen LogP contribution in [0.1, 0.15) is 26.2 Å². The largest absolute Gasteiger partial charge is 0.463 e. The van der Waals surface area contributed by atoms with Gasteiger partial charge in [-0.25, -0.2) is 13.2 Å². The van der Waals surface area contributed by atoms with Gasteiger partial charge in [-0.1, -0.05) is 24.2 Å². The Morgan fingerprint density at radius 1 is 1.23 bits per heavy atom. The van der Waals surface area contributed by atoms with Gasteiger partial charge in [0.15, 0.2) is 0 Å². The molecule has 2 saturated heterocycles. The lowest BCUT2D eigenvalue weighted by Gasteiger charge is -2.26. The van der Waals surface area contributed by atoms with E-state index in [1.165, 1.54) is 27.4 Å². The molecule has 0 aliphatic carbocycles. The minimum absolute atomic E-state index is 0.114. The van der Waals surface area contributed by atoms with Gasteiger partial charge in [0.1, 0.15) is 6.54 Å². The maximum absolute atomic E-state index is 12.9. The van der Waals surface area contributed by atoms with Gasteiger partial charge in [0.25, 0.3) is 0 Å². The van der Waals surface area contributed by atoms with Crippen LogP contribution in [0.5, 0.6) is 0 Å². The smallest absolute Gasteiger partial charge is 0.333 e. The molecule has 2 amide bonds. The third kappa shape index (κ3) is 5.86. The van der Waals surface area contributed by atoms with Crippen molar-refractivity contribution in [1.82, 2.24) is 9.21 Å². The Balaban J connectivity index is 1.68. The predicted octanol–water partition coefficient (Wildman–Crippen LogP) is 1.78. The lowest BCUT2D eigenvalue weighted by Crippen LogP contribution is -2.35. The third-order valence-corrected chi connectivity index (χ3v) is 7.73. The summed E-state index contributed by atoms with van der Waals surface area (Å²) in [4.78, 5) is 37.6. The molecule has 0 saturated carbocycles. The van der Waals surface area contributed by atoms with Gasteiger partial charge in [-0.3, -0.25) is 14.5 Å². The molecule has 2 fully saturated rings. The van der Waals surface area contributed by atoms with Gasteiger partial charge in [-0.05, 0) is 38.0 Å². The summed E-state index contributed by atoms with van der Waals surface area (Å²) in [7, 11) is -3.63. The second-order valence-corrected chi connectivity index (χ2v) is 9.98. The van der Waals surface area contributed by atoms with E-state index >= 15 is 0 Å². The van der Waals surface area contributed by atoms with Gasteiger partial charge in [0.05, 0.1) is 28.4 Å². The highest BCUT2D eigenvalue weighted by Gasteiger charge is 2.30. The SMILES string of the molecule is CCOC(=O)/C=C1\SCC(=O)N1CC(=O)Nc1cccc(S(=O)(=O)N2CCCCC2)c1. The minimum atomic E-state index is -3.63. The summed E-state index contributed by atoms with van der Waals surface area (Å²) in [6.45, 7) is 2.57. The summed E-state index contributed by atoms with van der Waals surface area (Å²) in [5.41, 5.74) is 0.318. The lowest BCUT2D eigenvalue weighted by molar-refractivity contribution is -0.137. The zero-order chi connectivity index (χ0) is 22.4. The van der Waals surface area contributed by atoms with Crippen molar-refractivity contribution in [2.45, 2.75) is 31.1 Å². The first kappa shape index (κ1) is 23.3. The van der Waals surface area contributed by atoms with Crippen LogP contribution in [0.3, 0.4) is 0 Å². The Morgan fingerprint density at radius 2 is 1.97 bits per heavy atom. The Bertz CT molecular complexity index is 986. The quantitative estimate of drug-likeness (QED) is 0.480. The highest BCUT2D eigenvalue weighted by Crippen LogP contribution is 2.29. The number of thioether (sulfide) groups is 1. The van der Waals surface area contributed by atoms with Crippen LogP contribution >= 0.6 is 11.8 Å². The van der Waals surface area contributed by atoms with E-state index in [0.717, 1.165) is 31.0 Å². The number of piperidine rings is 1. The number of nitrogens with zero attached hydrogens (tertiary/aromatic N) is 2. The van der Waals surface area contributed by atoms with Crippen LogP contribution in [0.4, 0.5) is 5.69 Å². The number of rotatable bonds is 7. The van der Waals surface area contributed by atoms with E-state index in [1.54, 1.807) is 19.1 Å². The molecule has 0 atom stereocenters. The second kappa shape index (κ2) is 10.3. The number of benzene rings is 1. The zero-order valence-corrected chi connectivity index (χ0v) is 18.8. The van der Waals surface area contributed by atoms with Gasteiger partial charge in [0.2, 0.25) is 21.8 Å². The van der Waals surface area contributed by atoms with Crippen molar-refractivity contribution in [3.8, 4) is 0 Å². The van der Waals surface area contributed by atoms with E-state index in [0.29, 0.717) is 23.8 Å². The summed E-state index contributed by atoms with van der Waals surface area (Å²) < 4.78 is 32.0. The maximum atomic E-state index is 12.9. The first-order valence-electron chi connectivity index (χ1n) is 10.0. The monoisotopic (exact) mass is 467 g/mol. The molecule has 31 heavy (non-hydrogen) atoms. The van der Waals surface area contributed by atoms with E-state index in [1.807, 2.05) is 0 Å². The average Bonchev–Trinajstić information content (AvgIpc) is 3.08. The molecular formula is C20H25N3O6S2. The van der Waals surface area contributed by atoms with Crippen molar-refractivity contribution in [1.29, 1.82) is 0 Å². The number of hydrogen-bond acceptors (Lipinski definition) is 7.